The van der Waals surface area contributed by atoms with Crippen molar-refractivity contribution in [3.63, 3.8) is 0 Å². The van der Waals surface area contributed by atoms with E-state index >= 15 is 0 Å². The zero-order valence-electron chi connectivity index (χ0n) is 15.0. The zero-order valence-corrected chi connectivity index (χ0v) is 15.0. The van der Waals surface area contributed by atoms with Gasteiger partial charge in [-0.1, -0.05) is 13.0 Å². The molecule has 2 aliphatic rings. The maximum Gasteiger partial charge on any atom is 0.221 e. The average molecular weight is 347 g/mol. The first-order valence-corrected chi connectivity index (χ1v) is 9.24. The molecule has 1 atom stereocenters. The minimum Gasteiger partial charge on any atom is -0.378 e. The summed E-state index contributed by atoms with van der Waals surface area (Å²) in [5, 5.41) is 6.26. The van der Waals surface area contributed by atoms with E-state index in [9.17, 15) is 4.79 Å². The van der Waals surface area contributed by atoms with Crippen LogP contribution in [-0.2, 0) is 16.1 Å². The fourth-order valence-corrected chi connectivity index (χ4v) is 3.25. The van der Waals surface area contributed by atoms with Gasteiger partial charge in [-0.25, -0.2) is 4.98 Å². The molecule has 0 saturated carbocycles. The van der Waals surface area contributed by atoms with Crippen LogP contribution in [0.3, 0.4) is 0 Å². The molecule has 2 fully saturated rings. The Labute approximate surface area is 149 Å². The summed E-state index contributed by atoms with van der Waals surface area (Å²) in [6, 6.07) is 4.23. The van der Waals surface area contributed by atoms with Crippen LogP contribution >= 0.6 is 0 Å². The number of aromatic nitrogens is 1. The summed E-state index contributed by atoms with van der Waals surface area (Å²) in [4.78, 5) is 21.4. The van der Waals surface area contributed by atoms with Crippen LogP contribution in [-0.4, -0.2) is 74.3 Å². The van der Waals surface area contributed by atoms with E-state index in [1.807, 2.05) is 6.20 Å². The highest BCUT2D eigenvalue weighted by atomic mass is 16.5. The lowest BCUT2D eigenvalue weighted by molar-refractivity contribution is -0.122. The lowest BCUT2D eigenvalue weighted by Gasteiger charge is -2.34. The number of nitrogens with one attached hydrogen (secondary N) is 2. The molecule has 0 radical (unpaired) electrons. The lowest BCUT2D eigenvalue weighted by Crippen LogP contribution is -2.46. The summed E-state index contributed by atoms with van der Waals surface area (Å²) in [7, 11) is 0. The predicted molar refractivity (Wildman–Crippen MR) is 97.6 cm³/mol. The number of nitrogens with zero attached hydrogens (tertiary/aromatic N) is 3. The first-order valence-electron chi connectivity index (χ1n) is 9.24. The highest BCUT2D eigenvalue weighted by Crippen LogP contribution is 2.14. The molecule has 1 aromatic rings. The minimum absolute atomic E-state index is 0.0442. The quantitative estimate of drug-likeness (QED) is 0.767. The lowest BCUT2D eigenvalue weighted by atomic mass is 10.2. The molecule has 2 aliphatic heterocycles. The van der Waals surface area contributed by atoms with E-state index < -0.39 is 0 Å². The van der Waals surface area contributed by atoms with E-state index in [4.69, 9.17) is 4.74 Å². The molecule has 3 rings (SSSR count). The van der Waals surface area contributed by atoms with Crippen LogP contribution in [0.2, 0.25) is 0 Å². The molecule has 1 aromatic heterocycles. The Balaban J connectivity index is 1.42. The number of anilines is 1. The number of hydrogen-bond acceptors (Lipinski definition) is 6. The fraction of sp³-hybridized carbons (Fsp3) is 0.667. The van der Waals surface area contributed by atoms with Crippen LogP contribution in [0.1, 0.15) is 18.9 Å². The van der Waals surface area contributed by atoms with Crippen molar-refractivity contribution in [1.29, 1.82) is 0 Å². The second-order valence-corrected chi connectivity index (χ2v) is 6.65. The first-order chi connectivity index (χ1) is 12.2. The number of piperazine rings is 1. The van der Waals surface area contributed by atoms with Crippen LogP contribution in [0.5, 0.6) is 0 Å². The summed E-state index contributed by atoms with van der Waals surface area (Å²) >= 11 is 0. The van der Waals surface area contributed by atoms with Gasteiger partial charge in [-0.3, -0.25) is 4.79 Å². The third-order valence-electron chi connectivity index (χ3n) is 4.87. The van der Waals surface area contributed by atoms with Crippen LogP contribution in [0, 0.1) is 0 Å². The third kappa shape index (κ3) is 5.39. The standard InChI is InChI=1S/C18H29N5O2/c1-2-22-6-8-23(9-7-22)17-4-3-15(12-20-17)13-21-18(24)11-16-14-25-10-5-19-16/h3-4,12,16,19H,2,5-11,13-14H2,1H3,(H,21,24). The molecular weight excluding hydrogens is 318 g/mol. The number of morpholine rings is 1. The van der Waals surface area contributed by atoms with Gasteiger partial charge in [0.25, 0.3) is 0 Å². The molecule has 0 aromatic carbocycles. The van der Waals surface area contributed by atoms with Crippen LogP contribution in [0.25, 0.3) is 0 Å². The largest absolute Gasteiger partial charge is 0.378 e. The Morgan fingerprint density at radius 2 is 2.20 bits per heavy atom. The average Bonchev–Trinajstić information content (AvgIpc) is 2.68. The minimum atomic E-state index is 0.0442. The number of hydrogen-bond donors (Lipinski definition) is 2. The molecule has 2 saturated heterocycles. The fourth-order valence-electron chi connectivity index (χ4n) is 3.25. The number of pyridine rings is 1. The SMILES string of the molecule is CCN1CCN(c2ccc(CNC(=O)CC3COCCN3)cn2)CC1. The van der Waals surface area contributed by atoms with Crippen molar-refractivity contribution in [2.24, 2.45) is 0 Å². The molecule has 138 valence electrons. The third-order valence-corrected chi connectivity index (χ3v) is 4.87. The molecule has 7 nitrogen and oxygen atoms in total. The number of carbonyl (C=O) groups excluding carboxylic acids is 1. The molecule has 0 aliphatic carbocycles. The Kier molecular flexibility index (Phi) is 6.61. The number of likely N-dealkylation sites (N-methyl/N-ethyl adjacent to an activating group) is 1. The van der Waals surface area contributed by atoms with Crippen molar-refractivity contribution >= 4 is 11.7 Å². The van der Waals surface area contributed by atoms with Gasteiger partial charge in [-0.2, -0.15) is 0 Å². The second-order valence-electron chi connectivity index (χ2n) is 6.65. The highest BCUT2D eigenvalue weighted by molar-refractivity contribution is 5.76. The summed E-state index contributed by atoms with van der Waals surface area (Å²) in [6.07, 6.45) is 2.32. The van der Waals surface area contributed by atoms with Crippen LogP contribution in [0.4, 0.5) is 5.82 Å². The molecule has 0 bridgehead atoms. The topological polar surface area (TPSA) is 69.7 Å². The number of carbonyl (C=O) groups is 1. The number of rotatable bonds is 6. The van der Waals surface area contributed by atoms with E-state index in [0.717, 1.165) is 57.3 Å². The van der Waals surface area contributed by atoms with Gasteiger partial charge in [0, 0.05) is 57.9 Å². The van der Waals surface area contributed by atoms with Crippen LogP contribution in [0.15, 0.2) is 18.3 Å². The summed E-state index contributed by atoms with van der Waals surface area (Å²) in [6.45, 7) is 10.2. The van der Waals surface area contributed by atoms with Crippen molar-refractivity contribution in [3.05, 3.63) is 23.9 Å². The Hall–Kier alpha value is -1.70. The normalized spacial score (nSPS) is 22.0. The van der Waals surface area contributed by atoms with Gasteiger partial charge < -0.3 is 25.2 Å². The van der Waals surface area contributed by atoms with E-state index in [1.54, 1.807) is 0 Å². The van der Waals surface area contributed by atoms with Crippen molar-refractivity contribution < 1.29 is 9.53 Å². The van der Waals surface area contributed by atoms with E-state index in [-0.39, 0.29) is 11.9 Å². The van der Waals surface area contributed by atoms with Crippen LogP contribution < -0.4 is 15.5 Å². The van der Waals surface area contributed by atoms with Gasteiger partial charge in [0.2, 0.25) is 5.91 Å². The monoisotopic (exact) mass is 347 g/mol. The highest BCUT2D eigenvalue weighted by Gasteiger charge is 2.18. The Morgan fingerprint density at radius 3 is 2.84 bits per heavy atom. The van der Waals surface area contributed by atoms with Gasteiger partial charge in [0.05, 0.1) is 13.2 Å². The molecule has 2 N–H and O–H groups in total. The summed E-state index contributed by atoms with van der Waals surface area (Å²) in [5.74, 6) is 1.07. The van der Waals surface area contributed by atoms with Gasteiger partial charge in [-0.05, 0) is 18.2 Å². The molecule has 25 heavy (non-hydrogen) atoms. The first kappa shape index (κ1) is 18.1. The van der Waals surface area contributed by atoms with E-state index in [1.165, 1.54) is 0 Å². The van der Waals surface area contributed by atoms with Crippen molar-refractivity contribution in [2.75, 3.05) is 57.4 Å². The second kappa shape index (κ2) is 9.12. The number of amides is 1. The smallest absolute Gasteiger partial charge is 0.221 e. The maximum atomic E-state index is 12.0. The molecule has 1 unspecified atom stereocenters. The van der Waals surface area contributed by atoms with Crippen molar-refractivity contribution in [2.45, 2.75) is 25.9 Å². The maximum absolute atomic E-state index is 12.0. The number of ether oxygens (including phenoxy) is 1. The van der Waals surface area contributed by atoms with E-state index in [0.29, 0.717) is 19.6 Å². The zero-order chi connectivity index (χ0) is 17.5. The Morgan fingerprint density at radius 1 is 1.36 bits per heavy atom. The molecule has 1 amide bonds. The van der Waals surface area contributed by atoms with Crippen molar-refractivity contribution in [1.82, 2.24) is 20.5 Å². The summed E-state index contributed by atoms with van der Waals surface area (Å²) in [5.41, 5.74) is 1.03. The van der Waals surface area contributed by atoms with E-state index in [2.05, 4.69) is 44.5 Å². The molecular formula is C18H29N5O2. The van der Waals surface area contributed by atoms with Gasteiger partial charge in [-0.15, -0.1) is 0 Å². The summed E-state index contributed by atoms with van der Waals surface area (Å²) < 4.78 is 5.37. The molecule has 7 heteroatoms. The van der Waals surface area contributed by atoms with Crippen molar-refractivity contribution in [3.8, 4) is 0 Å². The van der Waals surface area contributed by atoms with Gasteiger partial charge >= 0.3 is 0 Å². The van der Waals surface area contributed by atoms with Gasteiger partial charge in [0.1, 0.15) is 5.82 Å². The molecule has 0 spiro atoms. The molecule has 3 heterocycles. The van der Waals surface area contributed by atoms with Gasteiger partial charge in [0.15, 0.2) is 0 Å². The predicted octanol–water partition coefficient (Wildman–Crippen LogP) is 0.218. The Bertz CT molecular complexity index is 537.